The molecule has 38 heavy (non-hydrogen) atoms. The average molecular weight is 509 g/mol. The Bertz CT molecular complexity index is 1560. The summed E-state index contributed by atoms with van der Waals surface area (Å²) in [5.41, 5.74) is 2.43. The maximum Gasteiger partial charge on any atom is 0.338 e. The summed E-state index contributed by atoms with van der Waals surface area (Å²) in [6, 6.07) is 26.3. The molecule has 1 heterocycles. The van der Waals surface area contributed by atoms with Gasteiger partial charge in [-0.25, -0.2) is 9.59 Å². The van der Waals surface area contributed by atoms with Crippen molar-refractivity contribution in [2.75, 3.05) is 6.54 Å². The van der Waals surface area contributed by atoms with Gasteiger partial charge in [0.25, 0.3) is 0 Å². The Morgan fingerprint density at radius 2 is 1.58 bits per heavy atom. The van der Waals surface area contributed by atoms with E-state index in [2.05, 4.69) is 11.4 Å². The van der Waals surface area contributed by atoms with E-state index in [0.717, 1.165) is 32.7 Å². The number of esters is 1. The Labute approximate surface area is 220 Å². The Kier molecular flexibility index (Phi) is 7.09. The number of carbonyl (C=O) groups is 3. The molecule has 0 aromatic heterocycles. The lowest BCUT2D eigenvalue weighted by molar-refractivity contribution is -0.141. The fourth-order valence-corrected chi connectivity index (χ4v) is 5.06. The summed E-state index contributed by atoms with van der Waals surface area (Å²) >= 11 is 0. The largest absolute Gasteiger partial charge is 0.481 e. The predicted molar refractivity (Wildman–Crippen MR) is 145 cm³/mol. The number of aliphatic carboxylic acids is 1. The Morgan fingerprint density at radius 3 is 2.32 bits per heavy atom. The molecule has 0 fully saturated rings. The van der Waals surface area contributed by atoms with Gasteiger partial charge in [0.1, 0.15) is 6.61 Å². The number of carboxylic acid groups (broad SMARTS) is 1. The zero-order valence-electron chi connectivity index (χ0n) is 21.0. The van der Waals surface area contributed by atoms with Gasteiger partial charge in [0, 0.05) is 18.7 Å². The monoisotopic (exact) mass is 508 g/mol. The van der Waals surface area contributed by atoms with E-state index in [9.17, 15) is 14.4 Å². The van der Waals surface area contributed by atoms with E-state index in [4.69, 9.17) is 9.84 Å². The number of amides is 2. The van der Waals surface area contributed by atoms with Crippen molar-refractivity contribution in [2.24, 2.45) is 0 Å². The zero-order chi connectivity index (χ0) is 26.6. The third-order valence-electron chi connectivity index (χ3n) is 6.91. The lowest BCUT2D eigenvalue weighted by Gasteiger charge is -2.36. The molecule has 5 rings (SSSR count). The van der Waals surface area contributed by atoms with E-state index in [1.165, 1.54) is 4.90 Å². The third kappa shape index (κ3) is 4.95. The molecule has 4 aromatic rings. The van der Waals surface area contributed by atoms with Gasteiger partial charge in [-0.05, 0) is 52.1 Å². The number of allylic oxidation sites excluding steroid dienone is 1. The fourth-order valence-electron chi connectivity index (χ4n) is 5.06. The van der Waals surface area contributed by atoms with E-state index in [0.29, 0.717) is 11.3 Å². The zero-order valence-corrected chi connectivity index (χ0v) is 21.0. The van der Waals surface area contributed by atoms with Crippen molar-refractivity contribution in [3.8, 4) is 0 Å². The number of fused-ring (bicyclic) bond motifs is 3. The number of urea groups is 1. The number of carbonyl (C=O) groups excluding carboxylic acids is 2. The maximum atomic E-state index is 13.6. The summed E-state index contributed by atoms with van der Waals surface area (Å²) in [5, 5.41) is 16.1. The highest BCUT2D eigenvalue weighted by Crippen LogP contribution is 2.38. The van der Waals surface area contributed by atoms with Crippen LogP contribution in [0.4, 0.5) is 4.79 Å². The molecular weight excluding hydrogens is 480 g/mol. The summed E-state index contributed by atoms with van der Waals surface area (Å²) in [5.74, 6) is -1.47. The van der Waals surface area contributed by atoms with Gasteiger partial charge in [-0.3, -0.25) is 9.69 Å². The van der Waals surface area contributed by atoms with E-state index in [-0.39, 0.29) is 32.0 Å². The molecular formula is C31H28N2O5. The van der Waals surface area contributed by atoms with Crippen LogP contribution in [0, 0.1) is 0 Å². The number of hydrogen-bond donors (Lipinski definition) is 2. The molecule has 1 aliphatic heterocycles. The van der Waals surface area contributed by atoms with Crippen LogP contribution in [-0.2, 0) is 20.9 Å². The van der Waals surface area contributed by atoms with Gasteiger partial charge in [0.15, 0.2) is 0 Å². The molecule has 4 aromatic carbocycles. The second-order valence-electron chi connectivity index (χ2n) is 9.32. The van der Waals surface area contributed by atoms with E-state index < -0.39 is 18.0 Å². The maximum absolute atomic E-state index is 13.6. The molecule has 0 saturated heterocycles. The number of nitrogens with one attached hydrogen (secondary N) is 1. The molecule has 2 amide bonds. The van der Waals surface area contributed by atoms with Crippen LogP contribution in [0.15, 0.2) is 96.2 Å². The third-order valence-corrected chi connectivity index (χ3v) is 6.91. The highest BCUT2D eigenvalue weighted by atomic mass is 16.5. The number of carboxylic acids is 1. The summed E-state index contributed by atoms with van der Waals surface area (Å²) in [6.45, 7) is 1.98. The van der Waals surface area contributed by atoms with Crippen LogP contribution in [0.5, 0.6) is 0 Å². The van der Waals surface area contributed by atoms with E-state index in [1.807, 2.05) is 78.9 Å². The first kappa shape index (κ1) is 25.0. The van der Waals surface area contributed by atoms with Crippen LogP contribution in [0.2, 0.25) is 0 Å². The first-order valence-electron chi connectivity index (χ1n) is 12.6. The second-order valence-corrected chi connectivity index (χ2v) is 9.32. The minimum Gasteiger partial charge on any atom is -0.481 e. The lowest BCUT2D eigenvalue weighted by Crippen LogP contribution is -2.48. The van der Waals surface area contributed by atoms with E-state index in [1.54, 1.807) is 6.92 Å². The van der Waals surface area contributed by atoms with Gasteiger partial charge in [-0.15, -0.1) is 0 Å². The van der Waals surface area contributed by atoms with Crippen molar-refractivity contribution in [1.29, 1.82) is 0 Å². The standard InChI is InChI=1S/C31H28N2O5/c1-20-28(30(36)38-19-21-10-3-2-4-11-21)29(32-31(37)33(20)17-9-16-27(34)35)26-18-22-12-5-6-13-23(22)24-14-7-8-15-25(24)26/h2-8,10-15,18,29H,9,16-17,19H2,1H3,(H,32,37)(H,34,35). The van der Waals surface area contributed by atoms with Gasteiger partial charge >= 0.3 is 18.0 Å². The quantitative estimate of drug-likeness (QED) is 0.227. The molecule has 192 valence electrons. The second kappa shape index (κ2) is 10.8. The molecule has 7 nitrogen and oxygen atoms in total. The SMILES string of the molecule is CC1=C(C(=O)OCc2ccccc2)C(c2cc3ccccc3c3ccccc23)NC(=O)N1CCCC(=O)O. The molecule has 7 heteroatoms. The summed E-state index contributed by atoms with van der Waals surface area (Å²) < 4.78 is 5.75. The van der Waals surface area contributed by atoms with Crippen molar-refractivity contribution in [3.63, 3.8) is 0 Å². The summed E-state index contributed by atoms with van der Waals surface area (Å²) in [7, 11) is 0. The molecule has 0 aliphatic carbocycles. The highest BCUT2D eigenvalue weighted by Gasteiger charge is 2.37. The minimum absolute atomic E-state index is 0.0798. The van der Waals surface area contributed by atoms with E-state index >= 15 is 0 Å². The number of rotatable bonds is 8. The highest BCUT2D eigenvalue weighted by molar-refractivity contribution is 6.10. The van der Waals surface area contributed by atoms with Gasteiger partial charge in [0.2, 0.25) is 0 Å². The molecule has 0 saturated carbocycles. The summed E-state index contributed by atoms with van der Waals surface area (Å²) in [6.07, 6.45) is 0.180. The Morgan fingerprint density at radius 1 is 0.921 bits per heavy atom. The fraction of sp³-hybridized carbons (Fsp3) is 0.194. The molecule has 2 N–H and O–H groups in total. The van der Waals surface area contributed by atoms with Crippen molar-refractivity contribution in [2.45, 2.75) is 32.4 Å². The van der Waals surface area contributed by atoms with Crippen LogP contribution in [0.3, 0.4) is 0 Å². The smallest absolute Gasteiger partial charge is 0.338 e. The average Bonchev–Trinajstić information content (AvgIpc) is 2.93. The topological polar surface area (TPSA) is 95.9 Å². The molecule has 0 spiro atoms. The number of nitrogens with zero attached hydrogens (tertiary/aromatic N) is 1. The normalized spacial score (nSPS) is 15.6. The summed E-state index contributed by atoms with van der Waals surface area (Å²) in [4.78, 5) is 39.4. The minimum atomic E-state index is -0.938. The van der Waals surface area contributed by atoms with Crippen LogP contribution in [-0.4, -0.2) is 34.5 Å². The molecule has 1 unspecified atom stereocenters. The number of benzene rings is 4. The van der Waals surface area contributed by atoms with Gasteiger partial charge in [-0.2, -0.15) is 0 Å². The lowest BCUT2D eigenvalue weighted by atomic mass is 9.88. The molecule has 0 radical (unpaired) electrons. The van der Waals surface area contributed by atoms with Crippen molar-refractivity contribution in [1.82, 2.24) is 10.2 Å². The van der Waals surface area contributed by atoms with Crippen molar-refractivity contribution in [3.05, 3.63) is 107 Å². The first-order valence-corrected chi connectivity index (χ1v) is 12.6. The van der Waals surface area contributed by atoms with Crippen LogP contribution in [0.25, 0.3) is 21.5 Å². The number of hydrogen-bond acceptors (Lipinski definition) is 4. The van der Waals surface area contributed by atoms with Crippen LogP contribution < -0.4 is 5.32 Å². The van der Waals surface area contributed by atoms with Gasteiger partial charge in [0.05, 0.1) is 11.6 Å². The van der Waals surface area contributed by atoms with Crippen molar-refractivity contribution < 1.29 is 24.2 Å². The Hall–Kier alpha value is -4.65. The molecule has 1 atom stereocenters. The first-order chi connectivity index (χ1) is 18.4. The number of ether oxygens (including phenoxy) is 1. The Balaban J connectivity index is 1.60. The van der Waals surface area contributed by atoms with Crippen LogP contribution >= 0.6 is 0 Å². The van der Waals surface area contributed by atoms with Crippen molar-refractivity contribution >= 4 is 39.5 Å². The molecule has 1 aliphatic rings. The van der Waals surface area contributed by atoms with Gasteiger partial charge in [-0.1, -0.05) is 78.9 Å². The van der Waals surface area contributed by atoms with Gasteiger partial charge < -0.3 is 15.2 Å². The molecule has 0 bridgehead atoms. The predicted octanol–water partition coefficient (Wildman–Crippen LogP) is 5.94. The van der Waals surface area contributed by atoms with Crippen LogP contribution in [0.1, 0.15) is 36.9 Å².